The van der Waals surface area contributed by atoms with Gasteiger partial charge in [-0.2, -0.15) is 0 Å². The third-order valence-corrected chi connectivity index (χ3v) is 2.62. The lowest BCUT2D eigenvalue weighted by atomic mass is 10.0. The Morgan fingerprint density at radius 1 is 1.43 bits per heavy atom. The van der Waals surface area contributed by atoms with Crippen LogP contribution in [0.4, 0.5) is 0 Å². The summed E-state index contributed by atoms with van der Waals surface area (Å²) in [6, 6.07) is 0. The van der Waals surface area contributed by atoms with E-state index in [1.54, 1.807) is 6.08 Å². The Labute approximate surface area is 84.3 Å². The van der Waals surface area contributed by atoms with Crippen molar-refractivity contribution in [2.75, 3.05) is 13.1 Å². The number of carbonyl (C=O) groups is 1. The average molecular weight is 192 g/mol. The summed E-state index contributed by atoms with van der Waals surface area (Å²) in [6.07, 6.45) is 4.59. The minimum atomic E-state index is 0.293. The Kier molecular flexibility index (Phi) is 2.57. The third-order valence-electron chi connectivity index (χ3n) is 2.62. The van der Waals surface area contributed by atoms with Crippen molar-refractivity contribution < 1.29 is 4.79 Å². The van der Waals surface area contributed by atoms with Gasteiger partial charge in [0, 0.05) is 24.6 Å². The number of allylic oxidation sites excluding steroid dienone is 2. The highest BCUT2D eigenvalue weighted by molar-refractivity contribution is 5.99. The molecule has 1 saturated carbocycles. The molecule has 2 aliphatic rings. The zero-order valence-electron chi connectivity index (χ0n) is 8.31. The Balaban J connectivity index is 2.16. The first-order valence-corrected chi connectivity index (χ1v) is 5.19. The normalized spacial score (nSPS) is 19.9. The molecule has 0 bridgehead atoms. The number of hydrogen-bond acceptors (Lipinski definition) is 3. The molecule has 0 radical (unpaired) electrons. The van der Waals surface area contributed by atoms with Crippen LogP contribution in [0.3, 0.4) is 0 Å². The molecule has 0 spiro atoms. The quantitative estimate of drug-likeness (QED) is 0.514. The number of ketones is 1. The second kappa shape index (κ2) is 3.86. The van der Waals surface area contributed by atoms with Gasteiger partial charge in [0.1, 0.15) is 5.82 Å². The van der Waals surface area contributed by atoms with Crippen LogP contribution in [-0.4, -0.2) is 18.9 Å². The van der Waals surface area contributed by atoms with E-state index in [0.29, 0.717) is 18.1 Å². The molecule has 1 aliphatic heterocycles. The molecule has 3 nitrogen and oxygen atoms in total. The summed E-state index contributed by atoms with van der Waals surface area (Å²) in [7, 11) is 0. The average Bonchev–Trinajstić information content (AvgIpc) is 2.91. The van der Waals surface area contributed by atoms with Crippen LogP contribution < -0.4 is 10.6 Å². The Hall–Kier alpha value is -1.25. The van der Waals surface area contributed by atoms with E-state index in [9.17, 15) is 4.79 Å². The van der Waals surface area contributed by atoms with Gasteiger partial charge in [-0.25, -0.2) is 0 Å². The van der Waals surface area contributed by atoms with E-state index < -0.39 is 0 Å². The molecule has 3 heteroatoms. The van der Waals surface area contributed by atoms with Crippen LogP contribution in [0.2, 0.25) is 0 Å². The number of Topliss-reactive ketones (excluding diaryl/α,β-unsaturated/α-hetero) is 1. The standard InChI is InChI=1S/C11H16N2O/c1-2-3-9(10(14)8-4-5-8)11-12-6-7-13-11/h2,8,12-13H,1,3-7H2. The molecule has 0 amide bonds. The van der Waals surface area contributed by atoms with E-state index in [0.717, 1.165) is 37.3 Å². The lowest BCUT2D eigenvalue weighted by Gasteiger charge is -2.08. The number of nitrogens with one attached hydrogen (secondary N) is 2. The molecule has 0 unspecified atom stereocenters. The van der Waals surface area contributed by atoms with Gasteiger partial charge in [0.05, 0.1) is 0 Å². The first-order valence-electron chi connectivity index (χ1n) is 5.19. The SMILES string of the molecule is C=CCC(C(=O)C1CC1)=C1NCCN1. The molecule has 1 aliphatic carbocycles. The molecule has 2 fully saturated rings. The minimum Gasteiger partial charge on any atom is -0.370 e. The van der Waals surface area contributed by atoms with Gasteiger partial charge in [0.2, 0.25) is 0 Å². The zero-order valence-corrected chi connectivity index (χ0v) is 8.31. The van der Waals surface area contributed by atoms with Gasteiger partial charge in [-0.15, -0.1) is 6.58 Å². The fraction of sp³-hybridized carbons (Fsp3) is 0.545. The topological polar surface area (TPSA) is 41.1 Å². The monoisotopic (exact) mass is 192 g/mol. The summed E-state index contributed by atoms with van der Waals surface area (Å²) in [5.41, 5.74) is 0.889. The largest absolute Gasteiger partial charge is 0.370 e. The van der Waals surface area contributed by atoms with Gasteiger partial charge >= 0.3 is 0 Å². The first kappa shape index (κ1) is 9.31. The van der Waals surface area contributed by atoms with Gasteiger partial charge in [-0.3, -0.25) is 4.79 Å². The summed E-state index contributed by atoms with van der Waals surface area (Å²) < 4.78 is 0. The van der Waals surface area contributed by atoms with Gasteiger partial charge < -0.3 is 10.6 Å². The number of rotatable bonds is 4. The lowest BCUT2D eigenvalue weighted by molar-refractivity contribution is -0.116. The molecule has 0 aromatic rings. The maximum absolute atomic E-state index is 11.9. The number of carbonyl (C=O) groups excluding carboxylic acids is 1. The van der Waals surface area contributed by atoms with Crippen molar-refractivity contribution in [2.24, 2.45) is 5.92 Å². The molecule has 2 N–H and O–H groups in total. The van der Waals surface area contributed by atoms with E-state index in [1.165, 1.54) is 0 Å². The van der Waals surface area contributed by atoms with Crippen molar-refractivity contribution in [1.29, 1.82) is 0 Å². The summed E-state index contributed by atoms with van der Waals surface area (Å²) in [5, 5.41) is 6.41. The predicted octanol–water partition coefficient (Wildman–Crippen LogP) is 0.946. The van der Waals surface area contributed by atoms with Crippen LogP contribution in [0.25, 0.3) is 0 Å². The van der Waals surface area contributed by atoms with E-state index >= 15 is 0 Å². The van der Waals surface area contributed by atoms with Crippen molar-refractivity contribution in [1.82, 2.24) is 10.6 Å². The first-order chi connectivity index (χ1) is 6.83. The summed E-state index contributed by atoms with van der Waals surface area (Å²) in [4.78, 5) is 11.9. The molecule has 0 aromatic carbocycles. The van der Waals surface area contributed by atoms with Crippen molar-refractivity contribution in [3.05, 3.63) is 24.0 Å². The van der Waals surface area contributed by atoms with Crippen LogP contribution in [0.1, 0.15) is 19.3 Å². The number of hydrogen-bond donors (Lipinski definition) is 2. The van der Waals surface area contributed by atoms with E-state index in [1.807, 2.05) is 0 Å². The maximum Gasteiger partial charge on any atom is 0.165 e. The molecular weight excluding hydrogens is 176 g/mol. The summed E-state index contributed by atoms with van der Waals surface area (Å²) in [6.45, 7) is 5.51. The van der Waals surface area contributed by atoms with Crippen molar-refractivity contribution >= 4 is 5.78 Å². The lowest BCUT2D eigenvalue weighted by Crippen LogP contribution is -2.19. The van der Waals surface area contributed by atoms with Crippen LogP contribution >= 0.6 is 0 Å². The van der Waals surface area contributed by atoms with E-state index in [4.69, 9.17) is 0 Å². The Morgan fingerprint density at radius 3 is 2.57 bits per heavy atom. The van der Waals surface area contributed by atoms with Gasteiger partial charge in [-0.1, -0.05) is 6.08 Å². The summed E-state index contributed by atoms with van der Waals surface area (Å²) >= 11 is 0. The highest BCUT2D eigenvalue weighted by atomic mass is 16.1. The van der Waals surface area contributed by atoms with Crippen LogP contribution in [0.5, 0.6) is 0 Å². The highest BCUT2D eigenvalue weighted by Gasteiger charge is 2.33. The predicted molar refractivity (Wildman–Crippen MR) is 55.6 cm³/mol. The second-order valence-corrected chi connectivity index (χ2v) is 3.84. The van der Waals surface area contributed by atoms with Gasteiger partial charge in [-0.05, 0) is 19.3 Å². The molecular formula is C11H16N2O. The zero-order chi connectivity index (χ0) is 9.97. The molecule has 14 heavy (non-hydrogen) atoms. The van der Waals surface area contributed by atoms with Crippen molar-refractivity contribution in [3.8, 4) is 0 Å². The maximum atomic E-state index is 11.9. The third kappa shape index (κ3) is 1.81. The fourth-order valence-electron chi connectivity index (χ4n) is 1.71. The molecule has 1 saturated heterocycles. The van der Waals surface area contributed by atoms with Crippen molar-refractivity contribution in [2.45, 2.75) is 19.3 Å². The second-order valence-electron chi connectivity index (χ2n) is 3.84. The van der Waals surface area contributed by atoms with Crippen molar-refractivity contribution in [3.63, 3.8) is 0 Å². The van der Waals surface area contributed by atoms with E-state index in [2.05, 4.69) is 17.2 Å². The molecule has 1 heterocycles. The summed E-state index contributed by atoms with van der Waals surface area (Å²) in [5.74, 6) is 1.53. The van der Waals surface area contributed by atoms with Crippen LogP contribution in [0, 0.1) is 5.92 Å². The molecule has 0 aromatic heterocycles. The minimum absolute atomic E-state index is 0.293. The van der Waals surface area contributed by atoms with Gasteiger partial charge in [0.25, 0.3) is 0 Å². The van der Waals surface area contributed by atoms with E-state index in [-0.39, 0.29) is 0 Å². The fourth-order valence-corrected chi connectivity index (χ4v) is 1.71. The molecule has 2 rings (SSSR count). The smallest absolute Gasteiger partial charge is 0.165 e. The Morgan fingerprint density at radius 2 is 2.07 bits per heavy atom. The van der Waals surface area contributed by atoms with Crippen LogP contribution in [0.15, 0.2) is 24.0 Å². The van der Waals surface area contributed by atoms with Crippen LogP contribution in [-0.2, 0) is 4.79 Å². The molecule has 0 atom stereocenters. The highest BCUT2D eigenvalue weighted by Crippen LogP contribution is 2.33. The van der Waals surface area contributed by atoms with Gasteiger partial charge in [0.15, 0.2) is 5.78 Å². The Bertz CT molecular complexity index is 282. The molecule has 76 valence electrons.